The van der Waals surface area contributed by atoms with Gasteiger partial charge in [-0.2, -0.15) is 9.97 Å². The van der Waals surface area contributed by atoms with E-state index in [1.807, 2.05) is 35.8 Å². The summed E-state index contributed by atoms with van der Waals surface area (Å²) in [6.07, 6.45) is 2.56. The second-order valence-corrected chi connectivity index (χ2v) is 6.84. The van der Waals surface area contributed by atoms with E-state index in [1.165, 1.54) is 0 Å². The van der Waals surface area contributed by atoms with Crippen molar-refractivity contribution in [1.29, 1.82) is 0 Å². The smallest absolute Gasteiger partial charge is 0.227 e. The van der Waals surface area contributed by atoms with Crippen molar-refractivity contribution in [2.75, 3.05) is 23.0 Å². The number of aliphatic hydroxyl groups is 1. The maximum Gasteiger partial charge on any atom is 0.227 e. The first kappa shape index (κ1) is 18.9. The van der Waals surface area contributed by atoms with Crippen LogP contribution in [0.25, 0.3) is 11.2 Å². The molecule has 2 heterocycles. The minimum Gasteiger partial charge on any atom is -0.399 e. The molecule has 5 N–H and O–H groups in total. The van der Waals surface area contributed by atoms with Crippen molar-refractivity contribution in [1.82, 2.24) is 19.5 Å². The Hall–Kier alpha value is -2.87. The van der Waals surface area contributed by atoms with Crippen LogP contribution in [-0.4, -0.2) is 37.3 Å². The average Bonchev–Trinajstić information content (AvgIpc) is 3.09. The number of aliphatic hydroxyl groups excluding tert-OH is 1. The van der Waals surface area contributed by atoms with Crippen LogP contribution in [0.5, 0.6) is 0 Å². The Bertz CT molecular complexity index is 885. The molecule has 0 radical (unpaired) electrons. The molecule has 0 aliphatic heterocycles. The number of hydrogen-bond acceptors (Lipinski definition) is 7. The summed E-state index contributed by atoms with van der Waals surface area (Å²) in [4.78, 5) is 13.7. The summed E-state index contributed by atoms with van der Waals surface area (Å²) in [5.41, 5.74) is 9.06. The molecule has 0 aliphatic rings. The van der Waals surface area contributed by atoms with Crippen LogP contribution < -0.4 is 16.4 Å². The fourth-order valence-electron chi connectivity index (χ4n) is 2.76. The van der Waals surface area contributed by atoms with Crippen LogP contribution in [0.3, 0.4) is 0 Å². The summed E-state index contributed by atoms with van der Waals surface area (Å²) in [6, 6.07) is 7.84. The van der Waals surface area contributed by atoms with E-state index in [0.29, 0.717) is 18.3 Å². The molecule has 0 unspecified atom stereocenters. The average molecular weight is 369 g/mol. The maximum atomic E-state index is 9.49. The number of nitrogens with zero attached hydrogens (tertiary/aromatic N) is 4. The Morgan fingerprint density at radius 3 is 2.56 bits per heavy atom. The molecule has 1 aromatic carbocycles. The third kappa shape index (κ3) is 4.28. The Balaban J connectivity index is 1.94. The van der Waals surface area contributed by atoms with Crippen molar-refractivity contribution in [2.45, 2.75) is 45.8 Å². The van der Waals surface area contributed by atoms with Crippen LogP contribution in [0.15, 0.2) is 30.6 Å². The van der Waals surface area contributed by atoms with Gasteiger partial charge in [0.25, 0.3) is 0 Å². The van der Waals surface area contributed by atoms with E-state index in [9.17, 15) is 5.11 Å². The molecule has 144 valence electrons. The molecule has 3 rings (SSSR count). The van der Waals surface area contributed by atoms with Crippen LogP contribution in [-0.2, 0) is 6.54 Å². The van der Waals surface area contributed by atoms with Crippen molar-refractivity contribution >= 4 is 28.6 Å². The third-order valence-corrected chi connectivity index (χ3v) is 4.46. The van der Waals surface area contributed by atoms with E-state index in [1.54, 1.807) is 6.33 Å². The quantitative estimate of drug-likeness (QED) is 0.451. The lowest BCUT2D eigenvalue weighted by molar-refractivity contribution is 0.271. The van der Waals surface area contributed by atoms with Crippen molar-refractivity contribution in [3.8, 4) is 0 Å². The first-order valence-electron chi connectivity index (χ1n) is 9.22. The lowest BCUT2D eigenvalue weighted by Crippen LogP contribution is -2.24. The number of rotatable bonds is 8. The second kappa shape index (κ2) is 8.22. The summed E-state index contributed by atoms with van der Waals surface area (Å²) in [5, 5.41) is 16.0. The summed E-state index contributed by atoms with van der Waals surface area (Å²) in [5.74, 6) is 1.14. The summed E-state index contributed by atoms with van der Waals surface area (Å²) in [6.45, 7) is 6.79. The fourth-order valence-corrected chi connectivity index (χ4v) is 2.76. The van der Waals surface area contributed by atoms with Crippen molar-refractivity contribution in [2.24, 2.45) is 0 Å². The minimum atomic E-state index is -0.0946. The van der Waals surface area contributed by atoms with Gasteiger partial charge in [-0.15, -0.1) is 0 Å². The number of hydrogen-bond donors (Lipinski definition) is 4. The molecular weight excluding hydrogens is 342 g/mol. The Morgan fingerprint density at radius 2 is 1.93 bits per heavy atom. The van der Waals surface area contributed by atoms with Crippen LogP contribution in [0.2, 0.25) is 0 Å². The number of imidazole rings is 1. The van der Waals surface area contributed by atoms with Gasteiger partial charge in [-0.25, -0.2) is 4.98 Å². The van der Waals surface area contributed by atoms with E-state index < -0.39 is 0 Å². The highest BCUT2D eigenvalue weighted by Gasteiger charge is 2.16. The zero-order chi connectivity index (χ0) is 19.4. The minimum absolute atomic E-state index is 0.0234. The molecule has 0 saturated carbocycles. The van der Waals surface area contributed by atoms with Crippen LogP contribution in [0.1, 0.15) is 38.8 Å². The normalized spacial score (nSPS) is 12.5. The van der Waals surface area contributed by atoms with Gasteiger partial charge in [-0.05, 0) is 38.0 Å². The molecule has 2 aromatic heterocycles. The summed E-state index contributed by atoms with van der Waals surface area (Å²) < 4.78 is 2.01. The molecular formula is C19H27N7O. The number of aromatic nitrogens is 4. The SMILES string of the molecule is CC[C@H](CO)Nc1nc(NCc2ccc(N)cc2)c2ncn(C(C)C)c2n1. The lowest BCUT2D eigenvalue weighted by Gasteiger charge is -2.16. The highest BCUT2D eigenvalue weighted by molar-refractivity contribution is 5.84. The van der Waals surface area contributed by atoms with Gasteiger partial charge >= 0.3 is 0 Å². The number of nitrogens with one attached hydrogen (secondary N) is 2. The second-order valence-electron chi connectivity index (χ2n) is 6.84. The number of nitrogen functional groups attached to an aromatic ring is 1. The molecule has 8 heteroatoms. The molecule has 0 spiro atoms. The maximum absolute atomic E-state index is 9.49. The van der Waals surface area contributed by atoms with Crippen molar-refractivity contribution in [3.05, 3.63) is 36.2 Å². The molecule has 0 aliphatic carbocycles. The van der Waals surface area contributed by atoms with Gasteiger partial charge in [-0.3, -0.25) is 0 Å². The number of benzene rings is 1. The summed E-state index contributed by atoms with van der Waals surface area (Å²) >= 11 is 0. The largest absolute Gasteiger partial charge is 0.399 e. The van der Waals surface area contributed by atoms with Crippen LogP contribution in [0.4, 0.5) is 17.5 Å². The van der Waals surface area contributed by atoms with Gasteiger partial charge in [0, 0.05) is 18.3 Å². The van der Waals surface area contributed by atoms with Crippen molar-refractivity contribution in [3.63, 3.8) is 0 Å². The number of fused-ring (bicyclic) bond motifs is 1. The predicted molar refractivity (Wildman–Crippen MR) is 109 cm³/mol. The van der Waals surface area contributed by atoms with Gasteiger partial charge in [0.1, 0.15) is 0 Å². The molecule has 0 saturated heterocycles. The Morgan fingerprint density at radius 1 is 1.19 bits per heavy atom. The molecule has 8 nitrogen and oxygen atoms in total. The fraction of sp³-hybridized carbons (Fsp3) is 0.421. The van der Waals surface area contributed by atoms with Crippen molar-refractivity contribution < 1.29 is 5.11 Å². The highest BCUT2D eigenvalue weighted by Crippen LogP contribution is 2.24. The van der Waals surface area contributed by atoms with Gasteiger partial charge in [-0.1, -0.05) is 19.1 Å². The van der Waals surface area contributed by atoms with E-state index in [0.717, 1.165) is 28.8 Å². The highest BCUT2D eigenvalue weighted by atomic mass is 16.3. The topological polar surface area (TPSA) is 114 Å². The lowest BCUT2D eigenvalue weighted by atomic mass is 10.2. The number of anilines is 3. The molecule has 3 aromatic rings. The van der Waals surface area contributed by atoms with Gasteiger partial charge in [0.15, 0.2) is 17.0 Å². The Labute approximate surface area is 158 Å². The number of nitrogens with two attached hydrogens (primary N) is 1. The van der Waals surface area contributed by atoms with Crippen LogP contribution >= 0.6 is 0 Å². The first-order valence-corrected chi connectivity index (χ1v) is 9.22. The first-order chi connectivity index (χ1) is 13.0. The standard InChI is InChI=1S/C19H27N7O/c1-4-15(10-27)23-19-24-17(21-9-13-5-7-14(20)8-6-13)16-18(25-19)26(11-22-16)12(2)3/h5-8,11-12,15,27H,4,9-10,20H2,1-3H3,(H2,21,23,24,25)/t15-/m1/s1. The Kier molecular flexibility index (Phi) is 5.75. The van der Waals surface area contributed by atoms with Gasteiger partial charge in [0.2, 0.25) is 5.95 Å². The zero-order valence-electron chi connectivity index (χ0n) is 16.0. The van der Waals surface area contributed by atoms with Crippen LogP contribution in [0, 0.1) is 0 Å². The van der Waals surface area contributed by atoms with Gasteiger partial charge in [0.05, 0.1) is 19.0 Å². The predicted octanol–water partition coefficient (Wildman–Crippen LogP) is 2.78. The molecule has 0 fully saturated rings. The van der Waals surface area contributed by atoms with E-state index >= 15 is 0 Å². The van der Waals surface area contributed by atoms with E-state index in [4.69, 9.17) is 5.73 Å². The molecule has 27 heavy (non-hydrogen) atoms. The summed E-state index contributed by atoms with van der Waals surface area (Å²) in [7, 11) is 0. The van der Waals surface area contributed by atoms with Gasteiger partial charge < -0.3 is 26.0 Å². The molecule has 0 bridgehead atoms. The monoisotopic (exact) mass is 369 g/mol. The molecule has 0 amide bonds. The van der Waals surface area contributed by atoms with E-state index in [2.05, 4.69) is 39.4 Å². The molecule has 1 atom stereocenters. The van der Waals surface area contributed by atoms with E-state index in [-0.39, 0.29) is 18.7 Å². The zero-order valence-corrected chi connectivity index (χ0v) is 16.0. The third-order valence-electron chi connectivity index (χ3n) is 4.46.